The van der Waals surface area contributed by atoms with Crippen molar-refractivity contribution in [2.75, 3.05) is 6.61 Å². The number of aryl methyl sites for hydroxylation is 1. The first-order valence-corrected chi connectivity index (χ1v) is 7.10. The van der Waals surface area contributed by atoms with Crippen molar-refractivity contribution in [3.8, 4) is 5.75 Å². The Bertz CT molecular complexity index is 381. The van der Waals surface area contributed by atoms with Crippen LogP contribution in [0.4, 0.5) is 0 Å². The van der Waals surface area contributed by atoms with E-state index >= 15 is 0 Å². The van der Waals surface area contributed by atoms with Crippen molar-refractivity contribution in [1.82, 2.24) is 0 Å². The number of epoxide rings is 1. The molecule has 18 heavy (non-hydrogen) atoms. The molecule has 1 fully saturated rings. The van der Waals surface area contributed by atoms with E-state index in [4.69, 9.17) is 4.74 Å². The summed E-state index contributed by atoms with van der Waals surface area (Å²) in [5.74, 6) is 1.19. The summed E-state index contributed by atoms with van der Waals surface area (Å²) in [6.45, 7) is 5.31. The minimum Gasteiger partial charge on any atom is -0.508 e. The highest BCUT2D eigenvalue weighted by Gasteiger charge is 2.27. The van der Waals surface area contributed by atoms with E-state index in [0.717, 1.165) is 24.5 Å². The minimum absolute atomic E-state index is 0.144. The lowest BCUT2D eigenvalue weighted by Crippen LogP contribution is -1.91. The molecular formula is C16H24O2. The van der Waals surface area contributed by atoms with E-state index in [9.17, 15) is 5.11 Å². The van der Waals surface area contributed by atoms with Crippen molar-refractivity contribution in [2.24, 2.45) is 5.92 Å². The van der Waals surface area contributed by atoms with Crippen LogP contribution < -0.4 is 0 Å². The van der Waals surface area contributed by atoms with Gasteiger partial charge in [-0.15, -0.1) is 0 Å². The lowest BCUT2D eigenvalue weighted by atomic mass is 10.0. The predicted octanol–water partition coefficient (Wildman–Crippen LogP) is 4.22. The number of phenols is 1. The normalized spacial score (nSPS) is 18.3. The maximum Gasteiger partial charge on any atom is 0.121 e. The average molecular weight is 248 g/mol. The molecule has 1 aliphatic rings. The number of phenolic OH excluding ortho intramolecular Hbond substituents is 1. The molecule has 1 aromatic rings. The SMILES string of the molecule is CC(C)CCCCCc1ccc(O)c(C2CO2)c1. The fraction of sp³-hybridized carbons (Fsp3) is 0.625. The zero-order valence-corrected chi connectivity index (χ0v) is 11.5. The van der Waals surface area contributed by atoms with Gasteiger partial charge in [0.2, 0.25) is 0 Å². The summed E-state index contributed by atoms with van der Waals surface area (Å²) in [6.07, 6.45) is 6.45. The van der Waals surface area contributed by atoms with Crippen LogP contribution in [0.25, 0.3) is 0 Å². The van der Waals surface area contributed by atoms with E-state index in [1.54, 1.807) is 6.07 Å². The third kappa shape index (κ3) is 4.02. The van der Waals surface area contributed by atoms with Gasteiger partial charge in [-0.1, -0.05) is 39.2 Å². The molecule has 1 aliphatic heterocycles. The van der Waals surface area contributed by atoms with Crippen LogP contribution in [-0.2, 0) is 11.2 Å². The summed E-state index contributed by atoms with van der Waals surface area (Å²) in [5, 5.41) is 9.74. The van der Waals surface area contributed by atoms with Crippen LogP contribution in [0.1, 0.15) is 56.8 Å². The summed E-state index contributed by atoms with van der Waals surface area (Å²) in [5.41, 5.74) is 2.29. The maximum absolute atomic E-state index is 9.74. The van der Waals surface area contributed by atoms with Crippen molar-refractivity contribution in [3.05, 3.63) is 29.3 Å². The van der Waals surface area contributed by atoms with Crippen molar-refractivity contribution < 1.29 is 9.84 Å². The van der Waals surface area contributed by atoms with Crippen molar-refractivity contribution in [1.29, 1.82) is 0 Å². The van der Waals surface area contributed by atoms with Crippen molar-refractivity contribution in [3.63, 3.8) is 0 Å². The highest BCUT2D eigenvalue weighted by molar-refractivity contribution is 5.39. The molecule has 0 radical (unpaired) electrons. The van der Waals surface area contributed by atoms with Gasteiger partial charge in [-0.25, -0.2) is 0 Å². The number of aromatic hydroxyl groups is 1. The second-order valence-corrected chi connectivity index (χ2v) is 5.71. The number of rotatable bonds is 7. The molecule has 1 N–H and O–H groups in total. The molecule has 0 bridgehead atoms. The topological polar surface area (TPSA) is 32.8 Å². The smallest absolute Gasteiger partial charge is 0.121 e. The Balaban J connectivity index is 1.77. The molecule has 2 rings (SSSR count). The first kappa shape index (κ1) is 13.4. The lowest BCUT2D eigenvalue weighted by Gasteiger charge is -2.07. The number of unbranched alkanes of at least 4 members (excludes halogenated alkanes) is 2. The predicted molar refractivity (Wildman–Crippen MR) is 73.8 cm³/mol. The van der Waals surface area contributed by atoms with Crippen LogP contribution in [0.5, 0.6) is 5.75 Å². The summed E-state index contributed by atoms with van der Waals surface area (Å²) < 4.78 is 5.24. The Hall–Kier alpha value is -1.02. The van der Waals surface area contributed by atoms with Gasteiger partial charge in [-0.3, -0.25) is 0 Å². The standard InChI is InChI=1S/C16H24O2/c1-12(2)6-4-3-5-7-13-8-9-15(17)14(10-13)16-11-18-16/h8-10,12,16-17H,3-7,11H2,1-2H3. The van der Waals surface area contributed by atoms with Gasteiger partial charge in [0, 0.05) is 5.56 Å². The molecule has 1 aromatic carbocycles. The average Bonchev–Trinajstić information content (AvgIpc) is 3.14. The fourth-order valence-corrected chi connectivity index (χ4v) is 2.30. The molecule has 0 amide bonds. The van der Waals surface area contributed by atoms with Gasteiger partial charge < -0.3 is 9.84 Å². The molecule has 1 heterocycles. The monoisotopic (exact) mass is 248 g/mol. The number of hydrogen-bond donors (Lipinski definition) is 1. The zero-order valence-electron chi connectivity index (χ0n) is 11.5. The van der Waals surface area contributed by atoms with E-state index < -0.39 is 0 Å². The Morgan fingerprint density at radius 1 is 1.28 bits per heavy atom. The summed E-state index contributed by atoms with van der Waals surface area (Å²) in [6, 6.07) is 5.94. The van der Waals surface area contributed by atoms with E-state index in [1.807, 2.05) is 6.07 Å². The molecule has 0 aromatic heterocycles. The molecular weight excluding hydrogens is 224 g/mol. The van der Waals surface area contributed by atoms with Crippen LogP contribution in [0, 0.1) is 5.92 Å². The van der Waals surface area contributed by atoms with Gasteiger partial charge in [-0.05, 0) is 36.5 Å². The van der Waals surface area contributed by atoms with Crippen molar-refractivity contribution in [2.45, 2.75) is 52.1 Å². The summed E-state index contributed by atoms with van der Waals surface area (Å²) >= 11 is 0. The highest BCUT2D eigenvalue weighted by Crippen LogP contribution is 2.36. The number of benzene rings is 1. The molecule has 0 aliphatic carbocycles. The number of ether oxygens (including phenoxy) is 1. The number of hydrogen-bond acceptors (Lipinski definition) is 2. The highest BCUT2D eigenvalue weighted by atomic mass is 16.6. The van der Waals surface area contributed by atoms with Gasteiger partial charge in [-0.2, -0.15) is 0 Å². The minimum atomic E-state index is 0.144. The lowest BCUT2D eigenvalue weighted by molar-refractivity contribution is 0.400. The van der Waals surface area contributed by atoms with E-state index in [0.29, 0.717) is 5.75 Å². The van der Waals surface area contributed by atoms with Crippen LogP contribution in [0.2, 0.25) is 0 Å². The molecule has 100 valence electrons. The van der Waals surface area contributed by atoms with Gasteiger partial charge in [0.25, 0.3) is 0 Å². The summed E-state index contributed by atoms with van der Waals surface area (Å²) in [7, 11) is 0. The van der Waals surface area contributed by atoms with Crippen LogP contribution in [-0.4, -0.2) is 11.7 Å². The van der Waals surface area contributed by atoms with Gasteiger partial charge in [0.05, 0.1) is 6.61 Å². The van der Waals surface area contributed by atoms with Gasteiger partial charge in [0.15, 0.2) is 0 Å². The fourth-order valence-electron chi connectivity index (χ4n) is 2.30. The summed E-state index contributed by atoms with van der Waals surface area (Å²) in [4.78, 5) is 0. The maximum atomic E-state index is 9.74. The Kier molecular flexibility index (Phi) is 4.65. The van der Waals surface area contributed by atoms with E-state index in [2.05, 4.69) is 19.9 Å². The second-order valence-electron chi connectivity index (χ2n) is 5.71. The molecule has 2 heteroatoms. The largest absolute Gasteiger partial charge is 0.508 e. The third-order valence-electron chi connectivity index (χ3n) is 3.52. The van der Waals surface area contributed by atoms with Gasteiger partial charge >= 0.3 is 0 Å². The molecule has 0 spiro atoms. The Morgan fingerprint density at radius 3 is 2.72 bits per heavy atom. The Labute approximate surface area is 110 Å². The molecule has 2 nitrogen and oxygen atoms in total. The van der Waals surface area contributed by atoms with Crippen LogP contribution in [0.3, 0.4) is 0 Å². The van der Waals surface area contributed by atoms with Crippen molar-refractivity contribution >= 4 is 0 Å². The van der Waals surface area contributed by atoms with Gasteiger partial charge in [0.1, 0.15) is 11.9 Å². The molecule has 1 saturated heterocycles. The molecule has 1 atom stereocenters. The second kappa shape index (κ2) is 6.24. The van der Waals surface area contributed by atoms with Crippen LogP contribution in [0.15, 0.2) is 18.2 Å². The zero-order chi connectivity index (χ0) is 13.0. The Morgan fingerprint density at radius 2 is 2.06 bits per heavy atom. The van der Waals surface area contributed by atoms with E-state index in [1.165, 1.54) is 31.2 Å². The van der Waals surface area contributed by atoms with Crippen LogP contribution >= 0.6 is 0 Å². The van der Waals surface area contributed by atoms with E-state index in [-0.39, 0.29) is 6.10 Å². The third-order valence-corrected chi connectivity index (χ3v) is 3.52. The molecule has 1 unspecified atom stereocenters. The quantitative estimate of drug-likeness (QED) is 0.579. The first-order valence-electron chi connectivity index (χ1n) is 7.10. The molecule has 0 saturated carbocycles. The first-order chi connectivity index (χ1) is 8.66.